The Morgan fingerprint density at radius 1 is 1.00 bits per heavy atom. The number of para-hydroxylation sites is 1. The second kappa shape index (κ2) is 8.47. The number of ketones is 1. The molecule has 0 radical (unpaired) electrons. The lowest BCUT2D eigenvalue weighted by Gasteiger charge is -2.32. The van der Waals surface area contributed by atoms with E-state index in [1.54, 1.807) is 0 Å². The van der Waals surface area contributed by atoms with E-state index in [9.17, 15) is 9.59 Å². The van der Waals surface area contributed by atoms with Crippen molar-refractivity contribution in [2.45, 2.75) is 19.3 Å². The van der Waals surface area contributed by atoms with E-state index in [1.807, 2.05) is 65.6 Å². The molecule has 4 nitrogen and oxygen atoms in total. The maximum absolute atomic E-state index is 12.6. The second-order valence-corrected chi connectivity index (χ2v) is 6.32. The Morgan fingerprint density at radius 2 is 1.68 bits per heavy atom. The summed E-state index contributed by atoms with van der Waals surface area (Å²) in [6.07, 6.45) is 2.05. The molecule has 0 N–H and O–H groups in total. The first kappa shape index (κ1) is 17.2. The first-order chi connectivity index (χ1) is 12.2. The van der Waals surface area contributed by atoms with Crippen molar-refractivity contribution in [3.8, 4) is 5.75 Å². The van der Waals surface area contributed by atoms with Crippen molar-refractivity contribution in [1.82, 2.24) is 4.90 Å². The minimum absolute atomic E-state index is 0.0569. The van der Waals surface area contributed by atoms with Gasteiger partial charge in [0.05, 0.1) is 13.0 Å². The van der Waals surface area contributed by atoms with Crippen LogP contribution in [0.15, 0.2) is 60.7 Å². The summed E-state index contributed by atoms with van der Waals surface area (Å²) >= 11 is 0. The van der Waals surface area contributed by atoms with Gasteiger partial charge in [0.25, 0.3) is 0 Å². The van der Waals surface area contributed by atoms with Gasteiger partial charge in [-0.05, 0) is 25.0 Å². The van der Waals surface area contributed by atoms with Crippen molar-refractivity contribution in [3.05, 3.63) is 66.2 Å². The van der Waals surface area contributed by atoms with Crippen molar-refractivity contribution >= 4 is 11.7 Å². The normalized spacial score (nSPS) is 17.1. The van der Waals surface area contributed by atoms with E-state index in [0.717, 1.165) is 30.7 Å². The molecule has 1 aliphatic heterocycles. The lowest BCUT2D eigenvalue weighted by molar-refractivity contribution is -0.133. The van der Waals surface area contributed by atoms with Gasteiger partial charge < -0.3 is 9.64 Å². The van der Waals surface area contributed by atoms with Crippen molar-refractivity contribution in [2.75, 3.05) is 19.7 Å². The molecule has 0 saturated carbocycles. The Labute approximate surface area is 148 Å². The fourth-order valence-electron chi connectivity index (χ4n) is 3.19. The van der Waals surface area contributed by atoms with Crippen LogP contribution in [0.1, 0.15) is 29.6 Å². The summed E-state index contributed by atoms with van der Waals surface area (Å²) < 4.78 is 5.60. The first-order valence-electron chi connectivity index (χ1n) is 8.79. The molecule has 1 fully saturated rings. The third-order valence-electron chi connectivity index (χ3n) is 4.53. The molecule has 1 unspecified atom stereocenters. The first-order valence-corrected chi connectivity index (χ1v) is 8.79. The largest absolute Gasteiger partial charge is 0.493 e. The van der Waals surface area contributed by atoms with Crippen molar-refractivity contribution in [1.29, 1.82) is 0 Å². The lowest BCUT2D eigenvalue weighted by atomic mass is 9.90. The highest BCUT2D eigenvalue weighted by Gasteiger charge is 2.28. The highest BCUT2D eigenvalue weighted by Crippen LogP contribution is 2.21. The molecule has 0 bridgehead atoms. The third-order valence-corrected chi connectivity index (χ3v) is 4.53. The van der Waals surface area contributed by atoms with Gasteiger partial charge in [0, 0.05) is 24.6 Å². The number of nitrogens with zero attached hydrogens (tertiary/aromatic N) is 1. The molecule has 1 saturated heterocycles. The number of piperidine rings is 1. The Kier molecular flexibility index (Phi) is 5.83. The molecule has 4 heteroatoms. The average Bonchev–Trinajstić information content (AvgIpc) is 2.69. The van der Waals surface area contributed by atoms with Crippen LogP contribution in [0.2, 0.25) is 0 Å². The lowest BCUT2D eigenvalue weighted by Crippen LogP contribution is -2.42. The molecule has 2 aromatic rings. The summed E-state index contributed by atoms with van der Waals surface area (Å²) in [5.74, 6) is 0.862. The van der Waals surface area contributed by atoms with E-state index in [1.165, 1.54) is 0 Å². The van der Waals surface area contributed by atoms with Crippen LogP contribution >= 0.6 is 0 Å². The van der Waals surface area contributed by atoms with Gasteiger partial charge in [-0.3, -0.25) is 9.59 Å². The molecule has 130 valence electrons. The van der Waals surface area contributed by atoms with Gasteiger partial charge >= 0.3 is 0 Å². The monoisotopic (exact) mass is 337 g/mol. The number of rotatable bonds is 6. The van der Waals surface area contributed by atoms with Crippen LogP contribution in [-0.4, -0.2) is 36.3 Å². The summed E-state index contributed by atoms with van der Waals surface area (Å²) in [5.41, 5.74) is 0.731. The topological polar surface area (TPSA) is 46.6 Å². The van der Waals surface area contributed by atoms with E-state index in [4.69, 9.17) is 4.74 Å². The van der Waals surface area contributed by atoms with Gasteiger partial charge in [-0.2, -0.15) is 0 Å². The standard InChI is InChI=1S/C21H23NO3/c23-20(13-15-25-19-11-5-2-6-12-19)22-14-7-10-18(16-22)21(24)17-8-3-1-4-9-17/h1-6,8-9,11-12,18H,7,10,13-16H2. The van der Waals surface area contributed by atoms with Crippen molar-refractivity contribution < 1.29 is 14.3 Å². The molecule has 3 rings (SSSR count). The van der Waals surface area contributed by atoms with E-state index in [-0.39, 0.29) is 17.6 Å². The Bertz CT molecular complexity index is 700. The minimum Gasteiger partial charge on any atom is -0.493 e. The van der Waals surface area contributed by atoms with Crippen molar-refractivity contribution in [2.24, 2.45) is 5.92 Å². The van der Waals surface area contributed by atoms with Crippen LogP contribution in [0.4, 0.5) is 0 Å². The Balaban J connectivity index is 1.50. The molecule has 0 aliphatic carbocycles. The summed E-state index contributed by atoms with van der Waals surface area (Å²) in [7, 11) is 0. The molecule has 1 aliphatic rings. The quantitative estimate of drug-likeness (QED) is 0.757. The molecule has 0 aromatic heterocycles. The number of carbonyl (C=O) groups is 2. The molecule has 1 heterocycles. The van der Waals surface area contributed by atoms with Crippen LogP contribution in [-0.2, 0) is 4.79 Å². The van der Waals surface area contributed by atoms with Crippen LogP contribution in [0, 0.1) is 5.92 Å². The number of Topliss-reactive ketones (excluding diaryl/α,β-unsaturated/α-hetero) is 1. The summed E-state index contributed by atoms with van der Waals surface area (Å²) in [4.78, 5) is 26.8. The van der Waals surface area contributed by atoms with E-state index in [2.05, 4.69) is 0 Å². The average molecular weight is 337 g/mol. The van der Waals surface area contributed by atoms with Gasteiger partial charge in [-0.1, -0.05) is 48.5 Å². The van der Waals surface area contributed by atoms with E-state index < -0.39 is 0 Å². The third kappa shape index (κ3) is 4.69. The zero-order valence-electron chi connectivity index (χ0n) is 14.3. The van der Waals surface area contributed by atoms with Crippen molar-refractivity contribution in [3.63, 3.8) is 0 Å². The zero-order chi connectivity index (χ0) is 17.5. The van der Waals surface area contributed by atoms with Gasteiger partial charge in [0.15, 0.2) is 5.78 Å². The number of carbonyl (C=O) groups excluding carboxylic acids is 2. The van der Waals surface area contributed by atoms with Crippen LogP contribution < -0.4 is 4.74 Å². The predicted octanol–water partition coefficient (Wildman–Crippen LogP) is 3.58. The van der Waals surface area contributed by atoms with Gasteiger partial charge in [0.2, 0.25) is 5.91 Å². The number of amides is 1. The highest BCUT2D eigenvalue weighted by atomic mass is 16.5. The second-order valence-electron chi connectivity index (χ2n) is 6.32. The van der Waals surface area contributed by atoms with Gasteiger partial charge in [0.1, 0.15) is 5.75 Å². The maximum Gasteiger partial charge on any atom is 0.226 e. The number of likely N-dealkylation sites (tertiary alicyclic amines) is 1. The van der Waals surface area contributed by atoms with Crippen LogP contribution in [0.25, 0.3) is 0 Å². The summed E-state index contributed by atoms with van der Waals surface area (Å²) in [5, 5.41) is 0. The molecule has 1 amide bonds. The molecule has 2 aromatic carbocycles. The summed E-state index contributed by atoms with van der Waals surface area (Å²) in [6.45, 7) is 1.59. The highest BCUT2D eigenvalue weighted by molar-refractivity contribution is 5.98. The van der Waals surface area contributed by atoms with Crippen LogP contribution in [0.5, 0.6) is 5.75 Å². The van der Waals surface area contributed by atoms with E-state index in [0.29, 0.717) is 19.6 Å². The zero-order valence-corrected chi connectivity index (χ0v) is 14.3. The number of ether oxygens (including phenoxy) is 1. The van der Waals surface area contributed by atoms with E-state index >= 15 is 0 Å². The SMILES string of the molecule is O=C(c1ccccc1)C1CCCN(C(=O)CCOc2ccccc2)C1. The number of benzene rings is 2. The fraction of sp³-hybridized carbons (Fsp3) is 0.333. The number of hydrogen-bond donors (Lipinski definition) is 0. The fourth-order valence-corrected chi connectivity index (χ4v) is 3.19. The molecular formula is C21H23NO3. The molecule has 25 heavy (non-hydrogen) atoms. The van der Waals surface area contributed by atoms with Crippen LogP contribution in [0.3, 0.4) is 0 Å². The Hall–Kier alpha value is -2.62. The number of hydrogen-bond acceptors (Lipinski definition) is 3. The van der Waals surface area contributed by atoms with Gasteiger partial charge in [-0.25, -0.2) is 0 Å². The molecule has 0 spiro atoms. The van der Waals surface area contributed by atoms with Gasteiger partial charge in [-0.15, -0.1) is 0 Å². The Morgan fingerprint density at radius 3 is 2.40 bits per heavy atom. The predicted molar refractivity (Wildman–Crippen MR) is 96.6 cm³/mol. The summed E-state index contributed by atoms with van der Waals surface area (Å²) in [6, 6.07) is 18.8. The maximum atomic E-state index is 12.6. The minimum atomic E-state index is -0.102. The molecular weight excluding hydrogens is 314 g/mol. The molecule has 1 atom stereocenters. The smallest absolute Gasteiger partial charge is 0.226 e.